The lowest BCUT2D eigenvalue weighted by atomic mass is 10.0. The van der Waals surface area contributed by atoms with Crippen molar-refractivity contribution in [1.29, 1.82) is 0 Å². The Hall–Kier alpha value is -0.650. The zero-order valence-electron chi connectivity index (χ0n) is 14.0. The van der Waals surface area contributed by atoms with Crippen molar-refractivity contribution in [2.75, 3.05) is 58.9 Å². The standard InChI is InChI=1S/C17H32N4O/c1-14(22)19-11-15-9-16-12-21(13-17(16)10-15)6-2-5-20-7-3-18-4-8-20/h15-18H,2-13H2,1H3,(H,19,22). The second-order valence-electron chi connectivity index (χ2n) is 7.50. The first-order valence-electron chi connectivity index (χ1n) is 9.10. The molecule has 1 amide bonds. The predicted molar refractivity (Wildman–Crippen MR) is 88.8 cm³/mol. The number of fused-ring (bicyclic) bond motifs is 1. The molecule has 1 saturated carbocycles. The van der Waals surface area contributed by atoms with Crippen molar-refractivity contribution >= 4 is 5.91 Å². The summed E-state index contributed by atoms with van der Waals surface area (Å²) in [5.74, 6) is 2.62. The lowest BCUT2D eigenvalue weighted by Gasteiger charge is -2.28. The minimum absolute atomic E-state index is 0.117. The van der Waals surface area contributed by atoms with Gasteiger partial charge in [0.2, 0.25) is 5.91 Å². The van der Waals surface area contributed by atoms with Gasteiger partial charge in [-0.3, -0.25) is 4.79 Å². The molecule has 3 aliphatic rings. The van der Waals surface area contributed by atoms with Crippen molar-refractivity contribution in [3.63, 3.8) is 0 Å². The molecule has 0 aromatic rings. The number of nitrogens with one attached hydrogen (secondary N) is 2. The Morgan fingerprint density at radius 2 is 1.73 bits per heavy atom. The molecule has 0 spiro atoms. The molecule has 2 saturated heterocycles. The zero-order valence-corrected chi connectivity index (χ0v) is 14.0. The van der Waals surface area contributed by atoms with E-state index >= 15 is 0 Å². The third kappa shape index (κ3) is 4.43. The maximum absolute atomic E-state index is 11.0. The van der Waals surface area contributed by atoms with Gasteiger partial charge in [-0.2, -0.15) is 0 Å². The molecular weight excluding hydrogens is 276 g/mol. The highest BCUT2D eigenvalue weighted by Crippen LogP contribution is 2.41. The molecule has 3 fully saturated rings. The van der Waals surface area contributed by atoms with Crippen molar-refractivity contribution in [3.8, 4) is 0 Å². The second kappa shape index (κ2) is 7.75. The largest absolute Gasteiger partial charge is 0.356 e. The van der Waals surface area contributed by atoms with Crippen LogP contribution >= 0.6 is 0 Å². The smallest absolute Gasteiger partial charge is 0.216 e. The van der Waals surface area contributed by atoms with E-state index in [2.05, 4.69) is 20.4 Å². The number of hydrogen-bond acceptors (Lipinski definition) is 4. The van der Waals surface area contributed by atoms with Gasteiger partial charge in [-0.15, -0.1) is 0 Å². The van der Waals surface area contributed by atoms with E-state index in [1.165, 1.54) is 58.5 Å². The molecule has 0 radical (unpaired) electrons. The minimum atomic E-state index is 0.117. The first-order chi connectivity index (χ1) is 10.7. The highest BCUT2D eigenvalue weighted by Gasteiger charge is 2.40. The van der Waals surface area contributed by atoms with Crippen LogP contribution in [-0.2, 0) is 4.79 Å². The van der Waals surface area contributed by atoms with Crippen molar-refractivity contribution in [3.05, 3.63) is 0 Å². The quantitative estimate of drug-likeness (QED) is 0.745. The lowest BCUT2D eigenvalue weighted by Crippen LogP contribution is -2.44. The van der Waals surface area contributed by atoms with Crippen LogP contribution in [0.25, 0.3) is 0 Å². The highest BCUT2D eigenvalue weighted by atomic mass is 16.1. The van der Waals surface area contributed by atoms with Gasteiger partial charge in [-0.25, -0.2) is 0 Å². The summed E-state index contributed by atoms with van der Waals surface area (Å²) in [6, 6.07) is 0. The molecule has 0 aromatic heterocycles. The molecule has 5 nitrogen and oxygen atoms in total. The van der Waals surface area contributed by atoms with Crippen LogP contribution in [0.1, 0.15) is 26.2 Å². The molecule has 126 valence electrons. The van der Waals surface area contributed by atoms with Crippen LogP contribution < -0.4 is 10.6 Å². The average molecular weight is 308 g/mol. The molecule has 2 unspecified atom stereocenters. The Kier molecular flexibility index (Phi) is 5.71. The SMILES string of the molecule is CC(=O)NCC1CC2CN(CCCN3CCNCC3)CC2C1. The predicted octanol–water partition coefficient (Wildman–Crippen LogP) is 0.376. The summed E-state index contributed by atoms with van der Waals surface area (Å²) in [5.41, 5.74) is 0. The first-order valence-corrected chi connectivity index (χ1v) is 9.10. The molecular formula is C17H32N4O. The van der Waals surface area contributed by atoms with Gasteiger partial charge >= 0.3 is 0 Å². The van der Waals surface area contributed by atoms with Crippen LogP contribution in [-0.4, -0.2) is 74.6 Å². The maximum atomic E-state index is 11.0. The summed E-state index contributed by atoms with van der Waals surface area (Å²) in [7, 11) is 0. The molecule has 0 bridgehead atoms. The van der Waals surface area contributed by atoms with Crippen LogP contribution in [0.3, 0.4) is 0 Å². The van der Waals surface area contributed by atoms with Gasteiger partial charge in [-0.1, -0.05) is 0 Å². The van der Waals surface area contributed by atoms with Gasteiger partial charge in [0.05, 0.1) is 0 Å². The Balaban J connectivity index is 1.30. The molecule has 2 aliphatic heterocycles. The fourth-order valence-electron chi connectivity index (χ4n) is 4.61. The Bertz CT molecular complexity index is 356. The molecule has 3 rings (SSSR count). The van der Waals surface area contributed by atoms with Crippen molar-refractivity contribution in [2.45, 2.75) is 26.2 Å². The summed E-state index contributed by atoms with van der Waals surface area (Å²) in [4.78, 5) is 16.3. The van der Waals surface area contributed by atoms with E-state index in [-0.39, 0.29) is 5.91 Å². The number of hydrogen-bond donors (Lipinski definition) is 2. The highest BCUT2D eigenvalue weighted by molar-refractivity contribution is 5.72. The van der Waals surface area contributed by atoms with Gasteiger partial charge in [0.1, 0.15) is 0 Å². The lowest BCUT2D eigenvalue weighted by molar-refractivity contribution is -0.119. The maximum Gasteiger partial charge on any atom is 0.216 e. The van der Waals surface area contributed by atoms with Gasteiger partial charge in [0.15, 0.2) is 0 Å². The third-order valence-electron chi connectivity index (χ3n) is 5.72. The number of piperazine rings is 1. The Labute approximate surface area is 134 Å². The van der Waals surface area contributed by atoms with Crippen LogP contribution in [0.4, 0.5) is 0 Å². The number of carbonyl (C=O) groups is 1. The number of nitrogens with zero attached hydrogens (tertiary/aromatic N) is 2. The van der Waals surface area contributed by atoms with Crippen molar-refractivity contribution in [2.24, 2.45) is 17.8 Å². The van der Waals surface area contributed by atoms with Crippen molar-refractivity contribution in [1.82, 2.24) is 20.4 Å². The summed E-state index contributed by atoms with van der Waals surface area (Å²) in [6.45, 7) is 12.4. The van der Waals surface area contributed by atoms with E-state index in [1.54, 1.807) is 6.92 Å². The Morgan fingerprint density at radius 1 is 1.09 bits per heavy atom. The fraction of sp³-hybridized carbons (Fsp3) is 0.941. The van der Waals surface area contributed by atoms with Gasteiger partial charge in [-0.05, 0) is 50.1 Å². The van der Waals surface area contributed by atoms with E-state index in [0.29, 0.717) is 0 Å². The molecule has 0 aromatic carbocycles. The van der Waals surface area contributed by atoms with Crippen LogP contribution in [0.15, 0.2) is 0 Å². The van der Waals surface area contributed by atoms with E-state index in [0.717, 1.165) is 37.4 Å². The summed E-state index contributed by atoms with van der Waals surface area (Å²) in [6.07, 6.45) is 3.95. The summed E-state index contributed by atoms with van der Waals surface area (Å²) < 4.78 is 0. The second-order valence-corrected chi connectivity index (χ2v) is 7.50. The molecule has 2 atom stereocenters. The molecule has 2 heterocycles. The third-order valence-corrected chi connectivity index (χ3v) is 5.72. The minimum Gasteiger partial charge on any atom is -0.356 e. The number of likely N-dealkylation sites (tertiary alicyclic amines) is 1. The van der Waals surface area contributed by atoms with Gasteiger partial charge in [0, 0.05) is 52.7 Å². The summed E-state index contributed by atoms with van der Waals surface area (Å²) >= 11 is 0. The van der Waals surface area contributed by atoms with E-state index < -0.39 is 0 Å². The molecule has 5 heteroatoms. The number of rotatable bonds is 6. The fourth-order valence-corrected chi connectivity index (χ4v) is 4.61. The van der Waals surface area contributed by atoms with Crippen LogP contribution in [0.5, 0.6) is 0 Å². The monoisotopic (exact) mass is 308 g/mol. The number of amides is 1. The van der Waals surface area contributed by atoms with Gasteiger partial charge in [0.25, 0.3) is 0 Å². The zero-order chi connectivity index (χ0) is 15.4. The molecule has 22 heavy (non-hydrogen) atoms. The first kappa shape index (κ1) is 16.2. The van der Waals surface area contributed by atoms with E-state index in [1.807, 2.05) is 0 Å². The summed E-state index contributed by atoms with van der Waals surface area (Å²) in [5, 5.41) is 6.41. The van der Waals surface area contributed by atoms with Crippen LogP contribution in [0, 0.1) is 17.8 Å². The topological polar surface area (TPSA) is 47.6 Å². The molecule has 2 N–H and O–H groups in total. The van der Waals surface area contributed by atoms with Gasteiger partial charge < -0.3 is 20.4 Å². The van der Waals surface area contributed by atoms with Crippen molar-refractivity contribution < 1.29 is 4.79 Å². The Morgan fingerprint density at radius 3 is 2.36 bits per heavy atom. The van der Waals surface area contributed by atoms with Crippen LogP contribution in [0.2, 0.25) is 0 Å². The number of carbonyl (C=O) groups excluding carboxylic acids is 1. The van der Waals surface area contributed by atoms with E-state index in [4.69, 9.17) is 0 Å². The van der Waals surface area contributed by atoms with E-state index in [9.17, 15) is 4.79 Å². The average Bonchev–Trinajstić information content (AvgIpc) is 3.04. The normalized spacial score (nSPS) is 33.0. The molecule has 1 aliphatic carbocycles.